The van der Waals surface area contributed by atoms with Crippen molar-refractivity contribution in [1.82, 2.24) is 29.2 Å². The van der Waals surface area contributed by atoms with Crippen molar-refractivity contribution in [2.45, 2.75) is 91.6 Å². The number of aromatic amines is 1. The fourth-order valence-corrected chi connectivity index (χ4v) is 8.59. The number of nitrogens with zero attached hydrogens (tertiary/aromatic N) is 4. The Morgan fingerprint density at radius 1 is 0.652 bits per heavy atom. The number of carbonyl (C=O) groups is 2. The van der Waals surface area contributed by atoms with Crippen molar-refractivity contribution in [1.29, 1.82) is 0 Å². The van der Waals surface area contributed by atoms with Crippen LogP contribution in [0.5, 0.6) is 17.2 Å². The van der Waals surface area contributed by atoms with Gasteiger partial charge in [-0.2, -0.15) is 0 Å². The number of hydrogen-bond acceptors (Lipinski definition) is 8. The highest BCUT2D eigenvalue weighted by atomic mass is 32.8. The number of ether oxygens (including phenoxy) is 5. The van der Waals surface area contributed by atoms with Crippen molar-refractivity contribution in [2.24, 2.45) is 14.1 Å². The molecule has 4 atom stereocenters. The maximum Gasteiger partial charge on any atom is 0.410 e. The smallest absolute Gasteiger partial charge is 0.410 e. The van der Waals surface area contributed by atoms with E-state index in [-0.39, 0.29) is 19.2 Å². The van der Waals surface area contributed by atoms with Crippen molar-refractivity contribution in [2.75, 3.05) is 41.0 Å². The van der Waals surface area contributed by atoms with Crippen LogP contribution in [0.3, 0.4) is 0 Å². The Balaban J connectivity index is 0.000000157. The standard InChI is InChI=1S/C18H24N2O3.C17H22N2O3.C13H16N2O.H7P5/c1-18(2,3)23-17(21)20-9-8-16-14(11-20)13-10-12(22-5)6-7-15(13)19(16)4;1-17(2,3)22-16(20)19-8-7-15-13(10-19)12-9-11(21-4)5-6-14(12)18-15;1-15-12-4-3-9(16-2)7-10(12)11-8-14-6-5-13(11)15;1-4-5(2)3/h6-7,10H,8-9,11H2,1-5H3;5-6,9,18H,7-8,10H2,1-4H3;3-4,7,14H,5-6,8H2,1-2H3;4H,1-3H2. The van der Waals surface area contributed by atoms with Gasteiger partial charge in [-0.1, -0.05) is 7.96 Å². The molecule has 66 heavy (non-hydrogen) atoms. The predicted octanol–water partition coefficient (Wildman–Crippen LogP) is 11.2. The number of aromatic nitrogens is 3. The number of rotatable bonds is 4. The first-order chi connectivity index (χ1) is 31.2. The predicted molar refractivity (Wildman–Crippen MR) is 284 cm³/mol. The molecule has 0 saturated carbocycles. The molecule has 2 amide bonds. The Labute approximate surface area is 399 Å². The quantitative estimate of drug-likeness (QED) is 0.167. The zero-order valence-corrected chi connectivity index (χ0v) is 45.7. The van der Waals surface area contributed by atoms with Crippen LogP contribution < -0.4 is 19.5 Å². The van der Waals surface area contributed by atoms with Gasteiger partial charge in [0.2, 0.25) is 0 Å². The number of hydrogen-bond donors (Lipinski definition) is 2. The second-order valence-electron chi connectivity index (χ2n) is 18.5. The molecule has 0 spiro atoms. The van der Waals surface area contributed by atoms with Gasteiger partial charge in [-0.05, 0) is 109 Å². The summed E-state index contributed by atoms with van der Waals surface area (Å²) in [6, 6.07) is 18.4. The fraction of sp³-hybridized carbons (Fsp3) is 0.458. The second-order valence-corrected chi connectivity index (χ2v) is 32.4. The van der Waals surface area contributed by atoms with Gasteiger partial charge in [0.1, 0.15) is 28.5 Å². The van der Waals surface area contributed by atoms with Crippen molar-refractivity contribution in [3.8, 4) is 17.2 Å². The first kappa shape index (κ1) is 51.7. The molecule has 2 N–H and O–H groups in total. The molecule has 18 heteroatoms. The molecule has 9 rings (SSSR count). The van der Waals surface area contributed by atoms with Crippen molar-refractivity contribution >= 4 is 86.6 Å². The molecular weight excluding hydrogens is 927 g/mol. The molecule has 0 bridgehead atoms. The Morgan fingerprint density at radius 2 is 1.11 bits per heavy atom. The van der Waals surface area contributed by atoms with Crippen LogP contribution in [0.15, 0.2) is 54.6 Å². The molecule has 0 fully saturated rings. The maximum absolute atomic E-state index is 12.4. The van der Waals surface area contributed by atoms with Crippen LogP contribution in [-0.2, 0) is 62.5 Å². The summed E-state index contributed by atoms with van der Waals surface area (Å²) in [4.78, 5) is 31.6. The van der Waals surface area contributed by atoms with Crippen LogP contribution in [0, 0.1) is 0 Å². The highest BCUT2D eigenvalue weighted by Crippen LogP contribution is 2.71. The minimum Gasteiger partial charge on any atom is -0.497 e. The summed E-state index contributed by atoms with van der Waals surface area (Å²) in [6.07, 6.45) is 2.26. The van der Waals surface area contributed by atoms with Gasteiger partial charge in [0.05, 0.1) is 34.4 Å². The van der Waals surface area contributed by atoms with E-state index in [1.807, 2.05) is 77.9 Å². The average Bonchev–Trinajstić information content (AvgIpc) is 3.90. The molecule has 3 aromatic heterocycles. The zero-order valence-electron chi connectivity index (χ0n) is 40.4. The fourth-order valence-electron chi connectivity index (χ4n) is 8.59. The van der Waals surface area contributed by atoms with E-state index in [9.17, 15) is 9.59 Å². The van der Waals surface area contributed by atoms with Gasteiger partial charge in [-0.25, -0.2) is 9.59 Å². The monoisotopic (exact) mass is 996 g/mol. The highest BCUT2D eigenvalue weighted by Gasteiger charge is 2.30. The first-order valence-electron chi connectivity index (χ1n) is 22.1. The SMILES string of the molecule is COc1ccc2[nH]c3c(c2c1)CN(C(=O)OC(C)(C)C)CC3.COc1ccc2c(c1)c1c(n2C)CCN(C(=O)OC(C)(C)C)C1.COc1ccc2c(c1)c1c(n2C)CCNC1.PPP(P)P. The van der Waals surface area contributed by atoms with E-state index in [4.69, 9.17) is 23.7 Å². The van der Waals surface area contributed by atoms with Gasteiger partial charge >= 0.3 is 12.2 Å². The molecule has 4 unspecified atom stereocenters. The summed E-state index contributed by atoms with van der Waals surface area (Å²) in [6.45, 7) is 16.1. The van der Waals surface area contributed by atoms with Crippen molar-refractivity contribution in [3.05, 3.63) is 88.4 Å². The average molecular weight is 997 g/mol. The number of H-pyrrole nitrogens is 1. The van der Waals surface area contributed by atoms with Gasteiger partial charge in [0.25, 0.3) is 0 Å². The minimum atomic E-state index is -0.473. The lowest BCUT2D eigenvalue weighted by Gasteiger charge is -2.30. The van der Waals surface area contributed by atoms with Crippen LogP contribution in [-0.4, -0.2) is 88.3 Å². The molecule has 0 radical (unpaired) electrons. The van der Waals surface area contributed by atoms with Crippen LogP contribution in [0.1, 0.15) is 75.3 Å². The van der Waals surface area contributed by atoms with Gasteiger partial charge in [0.15, 0.2) is 0 Å². The number of fused-ring (bicyclic) bond motifs is 9. The number of nitrogens with one attached hydrogen (secondary N) is 2. The van der Waals surface area contributed by atoms with Crippen LogP contribution >= 0.6 is 41.7 Å². The Hall–Kier alpha value is -3.67. The van der Waals surface area contributed by atoms with E-state index in [0.717, 1.165) is 79.4 Å². The number of aryl methyl sites for hydroxylation is 2. The number of methoxy groups -OCH3 is 3. The molecule has 0 aliphatic carbocycles. The van der Waals surface area contributed by atoms with E-state index in [0.29, 0.717) is 26.2 Å². The van der Waals surface area contributed by atoms with E-state index in [2.05, 4.69) is 78.5 Å². The molecule has 358 valence electrons. The Kier molecular flexibility index (Phi) is 17.4. The molecule has 6 heterocycles. The summed E-state index contributed by atoms with van der Waals surface area (Å²) in [5, 5.41) is 7.01. The summed E-state index contributed by atoms with van der Waals surface area (Å²) in [7, 11) is 18.5. The Morgan fingerprint density at radius 3 is 1.61 bits per heavy atom. The second kappa shape index (κ2) is 22.2. The summed E-state index contributed by atoms with van der Waals surface area (Å²) in [5.41, 5.74) is 10.3. The summed E-state index contributed by atoms with van der Waals surface area (Å²) in [5.74, 6) is 2.59. The van der Waals surface area contributed by atoms with Crippen molar-refractivity contribution < 1.29 is 33.3 Å². The van der Waals surface area contributed by atoms with Gasteiger partial charge in [-0.3, -0.25) is 0 Å². The van der Waals surface area contributed by atoms with E-state index >= 15 is 0 Å². The number of amides is 2. The van der Waals surface area contributed by atoms with Crippen LogP contribution in [0.25, 0.3) is 32.7 Å². The molecule has 3 aliphatic rings. The first-order valence-corrected chi connectivity index (χ1v) is 30.4. The van der Waals surface area contributed by atoms with Crippen LogP contribution in [0.2, 0.25) is 0 Å². The zero-order chi connectivity index (χ0) is 48.1. The number of carbonyl (C=O) groups excluding carboxylic acids is 2. The number of benzene rings is 3. The van der Waals surface area contributed by atoms with Crippen LogP contribution in [0.4, 0.5) is 9.59 Å². The van der Waals surface area contributed by atoms with E-state index in [1.165, 1.54) is 44.6 Å². The normalized spacial score (nSPS) is 14.7. The third kappa shape index (κ3) is 12.5. The lowest BCUT2D eigenvalue weighted by Crippen LogP contribution is -2.40. The maximum atomic E-state index is 12.4. The molecule has 3 aromatic carbocycles. The van der Waals surface area contributed by atoms with E-state index < -0.39 is 11.2 Å². The topological polar surface area (TPSA) is 124 Å². The molecule has 6 aromatic rings. The third-order valence-corrected chi connectivity index (χ3v) is 23.7. The van der Waals surface area contributed by atoms with E-state index in [1.54, 1.807) is 31.1 Å². The summed E-state index contributed by atoms with van der Waals surface area (Å²) < 4.78 is 31.5. The molecule has 13 nitrogen and oxygen atoms in total. The highest BCUT2D eigenvalue weighted by molar-refractivity contribution is 8.77. The summed E-state index contributed by atoms with van der Waals surface area (Å²) >= 11 is 0. The van der Waals surface area contributed by atoms with Crippen molar-refractivity contribution in [3.63, 3.8) is 0 Å². The lowest BCUT2D eigenvalue weighted by atomic mass is 10.0. The van der Waals surface area contributed by atoms with Gasteiger partial charge < -0.3 is 52.9 Å². The molecule has 0 saturated heterocycles. The van der Waals surface area contributed by atoms with Gasteiger partial charge in [-0.15, -0.1) is 26.8 Å². The van der Waals surface area contributed by atoms with Gasteiger partial charge in [0, 0.05) is 120 Å². The molecular formula is C48H69N6O7P5. The lowest BCUT2D eigenvalue weighted by molar-refractivity contribution is 0.0214. The third-order valence-electron chi connectivity index (χ3n) is 11.7. The minimum absolute atomic E-state index is 0.226. The molecule has 3 aliphatic heterocycles. The largest absolute Gasteiger partial charge is 0.497 e. The Bertz CT molecular complexity index is 2660.